The summed E-state index contributed by atoms with van der Waals surface area (Å²) in [5.74, 6) is -0.617. The summed E-state index contributed by atoms with van der Waals surface area (Å²) in [4.78, 5) is 15.5. The number of halogens is 3. The van der Waals surface area contributed by atoms with Crippen LogP contribution in [0.25, 0.3) is 10.6 Å². The van der Waals surface area contributed by atoms with E-state index in [0.717, 1.165) is 52.1 Å². The van der Waals surface area contributed by atoms with Crippen LogP contribution in [-0.2, 0) is 25.2 Å². The maximum absolute atomic E-state index is 13.1. The quantitative estimate of drug-likeness (QED) is 0.515. The minimum atomic E-state index is -4.43. The molecule has 0 bridgehead atoms. The third kappa shape index (κ3) is 4.70. The van der Waals surface area contributed by atoms with Crippen molar-refractivity contribution in [2.24, 2.45) is 13.0 Å². The van der Waals surface area contributed by atoms with Crippen LogP contribution < -0.4 is 0 Å². The summed E-state index contributed by atoms with van der Waals surface area (Å²) < 4.78 is 40.1. The highest BCUT2D eigenvalue weighted by atomic mass is 32.1. The standard InChI is InChI=1S/C24H26F3N3O2S/c1-15-13-30(10-9-23(15,2)17-6-4-5-16(11-17)22(31)32)14-18-7-8-20(33-18)19-12-21(24(25,26)27)29(3)28-19/h4-8,11-12,15H,9-10,13-14H2,1-3H3,(H,31,32)/t15-,23+/m0/s1. The number of rotatable bonds is 5. The van der Waals surface area contributed by atoms with E-state index < -0.39 is 17.8 Å². The SMILES string of the molecule is C[C@H]1CN(Cc2ccc(-c3cc(C(F)(F)F)n(C)n3)s2)CC[C@@]1(C)c1cccc(C(=O)O)c1. The van der Waals surface area contributed by atoms with Crippen LogP contribution in [0.2, 0.25) is 0 Å². The summed E-state index contributed by atoms with van der Waals surface area (Å²) in [6.07, 6.45) is -3.54. The molecule has 0 radical (unpaired) electrons. The van der Waals surface area contributed by atoms with Crippen molar-refractivity contribution in [3.8, 4) is 10.6 Å². The second kappa shape index (κ2) is 8.61. The Morgan fingerprint density at radius 2 is 2.03 bits per heavy atom. The van der Waals surface area contributed by atoms with Gasteiger partial charge in [-0.25, -0.2) is 4.79 Å². The van der Waals surface area contributed by atoms with Gasteiger partial charge in [-0.1, -0.05) is 26.0 Å². The molecule has 0 amide bonds. The Balaban J connectivity index is 1.45. The number of hydrogen-bond acceptors (Lipinski definition) is 4. The molecule has 5 nitrogen and oxygen atoms in total. The number of aromatic nitrogens is 2. The summed E-state index contributed by atoms with van der Waals surface area (Å²) in [5, 5.41) is 13.4. The number of carboxylic acids is 1. The fourth-order valence-corrected chi connectivity index (χ4v) is 5.58. The van der Waals surface area contributed by atoms with Crippen molar-refractivity contribution < 1.29 is 23.1 Å². The maximum Gasteiger partial charge on any atom is 0.433 e. The molecule has 1 saturated heterocycles. The molecule has 0 aliphatic carbocycles. The van der Waals surface area contributed by atoms with Crippen molar-refractivity contribution in [2.45, 2.75) is 38.4 Å². The first-order chi connectivity index (χ1) is 15.5. The molecule has 0 spiro atoms. The molecule has 1 aliphatic heterocycles. The number of benzene rings is 1. The van der Waals surface area contributed by atoms with Gasteiger partial charge < -0.3 is 5.11 Å². The van der Waals surface area contributed by atoms with Crippen molar-refractivity contribution in [3.63, 3.8) is 0 Å². The normalized spacial score (nSPS) is 21.9. The summed E-state index contributed by atoms with van der Waals surface area (Å²) >= 11 is 1.46. The second-order valence-electron chi connectivity index (χ2n) is 8.99. The van der Waals surface area contributed by atoms with E-state index in [-0.39, 0.29) is 5.41 Å². The lowest BCUT2D eigenvalue weighted by atomic mass is 9.68. The van der Waals surface area contributed by atoms with Gasteiger partial charge in [0.05, 0.1) is 10.4 Å². The van der Waals surface area contributed by atoms with Crippen molar-refractivity contribution in [1.29, 1.82) is 0 Å². The zero-order valence-corrected chi connectivity index (χ0v) is 19.5. The van der Waals surface area contributed by atoms with Crippen molar-refractivity contribution >= 4 is 17.3 Å². The highest BCUT2D eigenvalue weighted by Crippen LogP contribution is 2.40. The Labute approximate surface area is 194 Å². The lowest BCUT2D eigenvalue weighted by molar-refractivity contribution is -0.143. The summed E-state index contributed by atoms with van der Waals surface area (Å²) in [6.45, 7) is 6.81. The number of nitrogens with zero attached hydrogens (tertiary/aromatic N) is 3. The van der Waals surface area contributed by atoms with Crippen molar-refractivity contribution in [3.05, 3.63) is 64.2 Å². The van der Waals surface area contributed by atoms with Crippen LogP contribution in [0.3, 0.4) is 0 Å². The molecule has 3 heterocycles. The van der Waals surface area contributed by atoms with Gasteiger partial charge in [0.2, 0.25) is 0 Å². The van der Waals surface area contributed by atoms with Gasteiger partial charge >= 0.3 is 12.1 Å². The summed E-state index contributed by atoms with van der Waals surface area (Å²) in [5.41, 5.74) is 0.800. The number of likely N-dealkylation sites (tertiary alicyclic amines) is 1. The van der Waals surface area contributed by atoms with Gasteiger partial charge in [0.15, 0.2) is 0 Å². The smallest absolute Gasteiger partial charge is 0.433 e. The van der Waals surface area contributed by atoms with Crippen molar-refractivity contribution in [1.82, 2.24) is 14.7 Å². The monoisotopic (exact) mass is 477 g/mol. The summed E-state index contributed by atoms with van der Waals surface area (Å²) in [6, 6.07) is 12.1. The maximum atomic E-state index is 13.1. The molecule has 2 aromatic heterocycles. The van der Waals surface area contributed by atoms with Gasteiger partial charge in [-0.3, -0.25) is 9.58 Å². The third-order valence-electron chi connectivity index (χ3n) is 6.80. The Hall–Kier alpha value is -2.65. The number of piperidine rings is 1. The molecule has 176 valence electrons. The van der Waals surface area contributed by atoms with Crippen LogP contribution in [0.1, 0.15) is 46.8 Å². The van der Waals surface area contributed by atoms with Gasteiger partial charge in [0, 0.05) is 25.0 Å². The molecular formula is C24H26F3N3O2S. The van der Waals surface area contributed by atoms with E-state index in [1.165, 1.54) is 18.4 Å². The molecule has 2 atom stereocenters. The number of carboxylic acid groups (broad SMARTS) is 1. The van der Waals surface area contributed by atoms with Crippen LogP contribution in [0.4, 0.5) is 13.2 Å². The predicted octanol–water partition coefficient (Wildman–Crippen LogP) is 5.67. The van der Waals surface area contributed by atoms with Crippen LogP contribution >= 0.6 is 11.3 Å². The largest absolute Gasteiger partial charge is 0.478 e. The second-order valence-corrected chi connectivity index (χ2v) is 10.2. The highest BCUT2D eigenvalue weighted by molar-refractivity contribution is 7.15. The van der Waals surface area contributed by atoms with Crippen LogP contribution in [-0.4, -0.2) is 38.8 Å². The number of alkyl halides is 3. The zero-order chi connectivity index (χ0) is 24.0. The minimum Gasteiger partial charge on any atom is -0.478 e. The molecule has 4 rings (SSSR count). The van der Waals surface area contributed by atoms with Gasteiger partial charge in [-0.2, -0.15) is 18.3 Å². The summed E-state index contributed by atoms with van der Waals surface area (Å²) in [7, 11) is 1.30. The number of hydrogen-bond donors (Lipinski definition) is 1. The molecule has 1 N–H and O–H groups in total. The van der Waals surface area contributed by atoms with E-state index in [2.05, 4.69) is 23.8 Å². The number of aromatic carboxylic acids is 1. The van der Waals surface area contributed by atoms with E-state index in [1.807, 2.05) is 18.2 Å². The molecule has 1 aromatic carbocycles. The third-order valence-corrected chi connectivity index (χ3v) is 7.89. The van der Waals surface area contributed by atoms with Crippen LogP contribution in [0.15, 0.2) is 42.5 Å². The Morgan fingerprint density at radius 1 is 1.27 bits per heavy atom. The molecule has 1 fully saturated rings. The number of aryl methyl sites for hydroxylation is 1. The Bertz CT molecular complexity index is 1170. The Morgan fingerprint density at radius 3 is 2.67 bits per heavy atom. The number of carbonyl (C=O) groups is 1. The first-order valence-corrected chi connectivity index (χ1v) is 11.6. The van der Waals surface area contributed by atoms with Gasteiger partial charge in [-0.15, -0.1) is 11.3 Å². The first-order valence-electron chi connectivity index (χ1n) is 10.7. The van der Waals surface area contributed by atoms with E-state index in [0.29, 0.717) is 17.2 Å². The van der Waals surface area contributed by atoms with Gasteiger partial charge in [-0.05, 0) is 60.2 Å². The highest BCUT2D eigenvalue weighted by Gasteiger charge is 2.38. The average molecular weight is 478 g/mol. The fraction of sp³-hybridized carbons (Fsp3) is 0.417. The predicted molar refractivity (Wildman–Crippen MR) is 121 cm³/mol. The molecule has 0 unspecified atom stereocenters. The minimum absolute atomic E-state index is 0.121. The molecular weight excluding hydrogens is 451 g/mol. The van der Waals surface area contributed by atoms with Crippen molar-refractivity contribution in [2.75, 3.05) is 13.1 Å². The van der Waals surface area contributed by atoms with Crippen LogP contribution in [0, 0.1) is 5.92 Å². The van der Waals surface area contributed by atoms with E-state index >= 15 is 0 Å². The zero-order valence-electron chi connectivity index (χ0n) is 18.7. The van der Waals surface area contributed by atoms with E-state index in [1.54, 1.807) is 18.2 Å². The van der Waals surface area contributed by atoms with Crippen LogP contribution in [0.5, 0.6) is 0 Å². The molecule has 9 heteroatoms. The average Bonchev–Trinajstić information content (AvgIpc) is 3.37. The molecule has 0 saturated carbocycles. The molecule has 3 aromatic rings. The van der Waals surface area contributed by atoms with E-state index in [9.17, 15) is 23.1 Å². The fourth-order valence-electron chi connectivity index (χ4n) is 4.57. The lowest BCUT2D eigenvalue weighted by Crippen LogP contribution is -2.46. The Kier molecular flexibility index (Phi) is 6.13. The molecule has 33 heavy (non-hydrogen) atoms. The van der Waals surface area contributed by atoms with Gasteiger partial charge in [0.25, 0.3) is 0 Å². The first kappa shape index (κ1) is 23.5. The molecule has 1 aliphatic rings. The topological polar surface area (TPSA) is 58.4 Å². The van der Waals surface area contributed by atoms with E-state index in [4.69, 9.17) is 0 Å². The lowest BCUT2D eigenvalue weighted by Gasteiger charge is -2.45. The number of thiophene rings is 1. The van der Waals surface area contributed by atoms with Gasteiger partial charge in [0.1, 0.15) is 11.4 Å².